The van der Waals surface area contributed by atoms with E-state index in [1.165, 1.54) is 23.5 Å². The maximum absolute atomic E-state index is 12.5. The maximum atomic E-state index is 12.5. The van der Waals surface area contributed by atoms with Crippen LogP contribution in [0, 0.1) is 17.0 Å². The summed E-state index contributed by atoms with van der Waals surface area (Å²) >= 11 is 1.48. The molecule has 0 atom stereocenters. The molecule has 8 heteroatoms. The van der Waals surface area contributed by atoms with Gasteiger partial charge in [-0.1, -0.05) is 18.2 Å². The number of hydrogen-bond donors (Lipinski definition) is 1. The zero-order valence-electron chi connectivity index (χ0n) is 14.1. The highest BCUT2D eigenvalue weighted by Crippen LogP contribution is 2.31. The summed E-state index contributed by atoms with van der Waals surface area (Å²) < 4.78 is 6.68. The monoisotopic (exact) mass is 379 g/mol. The SMILES string of the molecule is Cc1c(NC(=O)c2ccc(-c3nc4ccccc4s3)o2)cccc1[N+](=O)[O-]. The zero-order chi connectivity index (χ0) is 19.0. The third-order valence-electron chi connectivity index (χ3n) is 4.08. The van der Waals surface area contributed by atoms with Gasteiger partial charge in [-0.3, -0.25) is 14.9 Å². The largest absolute Gasteiger partial charge is 0.448 e. The minimum Gasteiger partial charge on any atom is -0.448 e. The minimum absolute atomic E-state index is 0.0533. The Kier molecular flexibility index (Phi) is 4.17. The van der Waals surface area contributed by atoms with E-state index in [0.717, 1.165) is 10.2 Å². The average Bonchev–Trinajstić information content (AvgIpc) is 3.29. The van der Waals surface area contributed by atoms with E-state index >= 15 is 0 Å². The topological polar surface area (TPSA) is 98.3 Å². The van der Waals surface area contributed by atoms with E-state index < -0.39 is 10.8 Å². The molecule has 0 aliphatic heterocycles. The summed E-state index contributed by atoms with van der Waals surface area (Å²) in [6.07, 6.45) is 0. The second kappa shape index (κ2) is 6.65. The van der Waals surface area contributed by atoms with E-state index in [1.807, 2.05) is 24.3 Å². The number of hydrogen-bond acceptors (Lipinski definition) is 6. The van der Waals surface area contributed by atoms with Gasteiger partial charge in [-0.05, 0) is 37.3 Å². The van der Waals surface area contributed by atoms with Crippen molar-refractivity contribution in [1.29, 1.82) is 0 Å². The van der Waals surface area contributed by atoms with Crippen molar-refractivity contribution in [1.82, 2.24) is 4.98 Å². The van der Waals surface area contributed by atoms with Crippen molar-refractivity contribution >= 4 is 38.8 Å². The van der Waals surface area contributed by atoms with E-state index in [4.69, 9.17) is 4.42 Å². The summed E-state index contributed by atoms with van der Waals surface area (Å²) in [5.41, 5.74) is 1.57. The van der Waals surface area contributed by atoms with Crippen LogP contribution in [0.25, 0.3) is 21.0 Å². The van der Waals surface area contributed by atoms with E-state index in [0.29, 0.717) is 22.0 Å². The van der Waals surface area contributed by atoms with Crippen LogP contribution in [0.1, 0.15) is 16.1 Å². The number of para-hydroxylation sites is 1. The van der Waals surface area contributed by atoms with Crippen molar-refractivity contribution < 1.29 is 14.1 Å². The molecule has 7 nitrogen and oxygen atoms in total. The van der Waals surface area contributed by atoms with E-state index in [2.05, 4.69) is 10.3 Å². The summed E-state index contributed by atoms with van der Waals surface area (Å²) in [7, 11) is 0. The third kappa shape index (κ3) is 3.18. The summed E-state index contributed by atoms with van der Waals surface area (Å²) in [5, 5.41) is 14.4. The molecule has 0 fully saturated rings. The van der Waals surface area contributed by atoms with Gasteiger partial charge in [0.2, 0.25) is 0 Å². The van der Waals surface area contributed by atoms with Crippen LogP contribution in [-0.2, 0) is 0 Å². The summed E-state index contributed by atoms with van der Waals surface area (Å²) in [6.45, 7) is 1.59. The molecule has 0 radical (unpaired) electrons. The molecule has 2 heterocycles. The fraction of sp³-hybridized carbons (Fsp3) is 0.0526. The molecule has 1 N–H and O–H groups in total. The number of nitro groups is 1. The Morgan fingerprint density at radius 3 is 2.74 bits per heavy atom. The van der Waals surface area contributed by atoms with Crippen LogP contribution in [0.5, 0.6) is 0 Å². The number of furan rings is 1. The third-order valence-corrected chi connectivity index (χ3v) is 5.14. The average molecular weight is 379 g/mol. The number of nitro benzene ring substituents is 1. The van der Waals surface area contributed by atoms with Crippen molar-refractivity contribution in [2.24, 2.45) is 0 Å². The van der Waals surface area contributed by atoms with E-state index in [-0.39, 0.29) is 11.4 Å². The number of carbonyl (C=O) groups is 1. The Balaban J connectivity index is 1.59. The van der Waals surface area contributed by atoms with Gasteiger partial charge < -0.3 is 9.73 Å². The number of nitrogens with zero attached hydrogens (tertiary/aromatic N) is 2. The van der Waals surface area contributed by atoms with Crippen LogP contribution in [0.3, 0.4) is 0 Å². The number of aromatic nitrogens is 1. The van der Waals surface area contributed by atoms with Gasteiger partial charge in [0.1, 0.15) is 0 Å². The molecule has 2 aromatic heterocycles. The number of benzene rings is 2. The molecule has 4 aromatic rings. The number of amides is 1. The molecule has 0 aliphatic rings. The number of carbonyl (C=O) groups excluding carboxylic acids is 1. The molecule has 4 rings (SSSR count). The van der Waals surface area contributed by atoms with Gasteiger partial charge in [0.25, 0.3) is 11.6 Å². The van der Waals surface area contributed by atoms with Crippen LogP contribution in [-0.4, -0.2) is 15.8 Å². The van der Waals surface area contributed by atoms with Gasteiger partial charge >= 0.3 is 0 Å². The molecule has 0 bridgehead atoms. The molecule has 0 aliphatic carbocycles. The summed E-state index contributed by atoms with van der Waals surface area (Å²) in [4.78, 5) is 27.5. The van der Waals surface area contributed by atoms with Crippen LogP contribution in [0.15, 0.2) is 59.0 Å². The molecule has 2 aromatic carbocycles. The fourth-order valence-corrected chi connectivity index (χ4v) is 3.62. The molecular formula is C19H13N3O4S. The van der Waals surface area contributed by atoms with Crippen molar-refractivity contribution in [2.45, 2.75) is 6.92 Å². The first kappa shape index (κ1) is 16.9. The van der Waals surface area contributed by atoms with Crippen LogP contribution >= 0.6 is 11.3 Å². The number of rotatable bonds is 4. The van der Waals surface area contributed by atoms with Crippen LogP contribution in [0.2, 0.25) is 0 Å². The maximum Gasteiger partial charge on any atom is 0.291 e. The first-order valence-corrected chi connectivity index (χ1v) is 8.86. The zero-order valence-corrected chi connectivity index (χ0v) is 14.9. The molecule has 1 amide bonds. The molecule has 0 unspecified atom stereocenters. The van der Waals surface area contributed by atoms with Crippen molar-refractivity contribution in [3.63, 3.8) is 0 Å². The minimum atomic E-state index is -0.483. The highest BCUT2D eigenvalue weighted by atomic mass is 32.1. The normalized spacial score (nSPS) is 10.9. The quantitative estimate of drug-likeness (QED) is 0.396. The van der Waals surface area contributed by atoms with Gasteiger partial charge in [0.05, 0.1) is 26.4 Å². The fourth-order valence-electron chi connectivity index (χ4n) is 2.69. The molecule has 0 saturated carbocycles. The standard InChI is InChI=1S/C19H13N3O4S/c1-11-12(6-4-7-14(11)22(24)25)20-18(23)15-9-10-16(26-15)19-21-13-5-2-3-8-17(13)27-19/h2-10H,1H3,(H,20,23). The second-order valence-corrected chi connectivity index (χ2v) is 6.84. The van der Waals surface area contributed by atoms with Crippen LogP contribution < -0.4 is 5.32 Å². The van der Waals surface area contributed by atoms with Gasteiger partial charge in [0.15, 0.2) is 16.5 Å². The Hall–Kier alpha value is -3.52. The first-order chi connectivity index (χ1) is 13.0. The highest BCUT2D eigenvalue weighted by molar-refractivity contribution is 7.21. The van der Waals surface area contributed by atoms with Gasteiger partial charge in [-0.25, -0.2) is 4.98 Å². The molecule has 134 valence electrons. The number of anilines is 1. The van der Waals surface area contributed by atoms with Crippen LogP contribution in [0.4, 0.5) is 11.4 Å². The lowest BCUT2D eigenvalue weighted by Crippen LogP contribution is -2.12. The molecule has 27 heavy (non-hydrogen) atoms. The van der Waals surface area contributed by atoms with E-state index in [1.54, 1.807) is 25.1 Å². The number of thiazole rings is 1. The van der Waals surface area contributed by atoms with Crippen molar-refractivity contribution in [3.05, 3.63) is 76.0 Å². The van der Waals surface area contributed by atoms with Gasteiger partial charge in [0, 0.05) is 6.07 Å². The molecular weight excluding hydrogens is 366 g/mol. The van der Waals surface area contributed by atoms with Crippen molar-refractivity contribution in [2.75, 3.05) is 5.32 Å². The Morgan fingerprint density at radius 2 is 1.96 bits per heavy atom. The highest BCUT2D eigenvalue weighted by Gasteiger charge is 2.18. The summed E-state index contributed by atoms with van der Waals surface area (Å²) in [5.74, 6) is 0.123. The first-order valence-electron chi connectivity index (χ1n) is 8.04. The van der Waals surface area contributed by atoms with E-state index in [9.17, 15) is 14.9 Å². The second-order valence-electron chi connectivity index (χ2n) is 5.81. The smallest absolute Gasteiger partial charge is 0.291 e. The Labute approximate surface area is 157 Å². The lowest BCUT2D eigenvalue weighted by Gasteiger charge is -2.07. The Bertz CT molecular complexity index is 1150. The lowest BCUT2D eigenvalue weighted by molar-refractivity contribution is -0.385. The number of nitrogens with one attached hydrogen (secondary N) is 1. The molecule has 0 saturated heterocycles. The summed E-state index contributed by atoms with van der Waals surface area (Å²) in [6, 6.07) is 15.5. The van der Waals surface area contributed by atoms with Crippen molar-refractivity contribution in [3.8, 4) is 10.8 Å². The van der Waals surface area contributed by atoms with Gasteiger partial charge in [-0.15, -0.1) is 11.3 Å². The number of fused-ring (bicyclic) bond motifs is 1. The lowest BCUT2D eigenvalue weighted by atomic mass is 10.1. The predicted octanol–water partition coefficient (Wildman–Crippen LogP) is 5.03. The molecule has 0 spiro atoms. The van der Waals surface area contributed by atoms with Gasteiger partial charge in [-0.2, -0.15) is 0 Å². The Morgan fingerprint density at radius 1 is 1.15 bits per heavy atom. The predicted molar refractivity (Wildman–Crippen MR) is 103 cm³/mol.